The van der Waals surface area contributed by atoms with Gasteiger partial charge in [-0.1, -0.05) is 19.1 Å². The van der Waals surface area contributed by atoms with Gasteiger partial charge in [0.05, 0.1) is 24.8 Å². The molecule has 0 spiro atoms. The number of ether oxygens (including phenoxy) is 1. The highest BCUT2D eigenvalue weighted by Gasteiger charge is 2.02. The molecule has 0 bridgehead atoms. The van der Waals surface area contributed by atoms with Gasteiger partial charge in [0.25, 0.3) is 0 Å². The second kappa shape index (κ2) is 6.21. The number of H-pyrrole nitrogens is 1. The first kappa shape index (κ1) is 12.6. The molecule has 0 aliphatic heterocycles. The number of aromatic nitrogens is 2. The Morgan fingerprint density at radius 1 is 1.33 bits per heavy atom. The standard InChI is InChI=1S/C14H19N3O/c1-11(9-18-2)7-16-13-5-3-12(4-6-13)14-8-15-10-17-14/h3-6,8,10-11,16H,7,9H2,1-2H3,(H,15,17). The highest BCUT2D eigenvalue weighted by atomic mass is 16.5. The summed E-state index contributed by atoms with van der Waals surface area (Å²) in [6.45, 7) is 3.85. The minimum Gasteiger partial charge on any atom is -0.385 e. The molecule has 1 atom stereocenters. The molecule has 2 N–H and O–H groups in total. The van der Waals surface area contributed by atoms with Gasteiger partial charge in [-0.2, -0.15) is 0 Å². The number of hydrogen-bond acceptors (Lipinski definition) is 3. The summed E-state index contributed by atoms with van der Waals surface area (Å²) in [6.07, 6.45) is 3.51. The van der Waals surface area contributed by atoms with Crippen molar-refractivity contribution in [3.63, 3.8) is 0 Å². The van der Waals surface area contributed by atoms with Crippen molar-refractivity contribution in [1.82, 2.24) is 9.97 Å². The van der Waals surface area contributed by atoms with Gasteiger partial charge in [-0.05, 0) is 23.6 Å². The van der Waals surface area contributed by atoms with Crippen molar-refractivity contribution in [1.29, 1.82) is 0 Å². The fourth-order valence-corrected chi connectivity index (χ4v) is 1.82. The van der Waals surface area contributed by atoms with Crippen molar-refractivity contribution < 1.29 is 4.74 Å². The number of methoxy groups -OCH3 is 1. The Labute approximate surface area is 107 Å². The molecule has 2 rings (SSSR count). The van der Waals surface area contributed by atoms with E-state index in [9.17, 15) is 0 Å². The number of nitrogens with one attached hydrogen (secondary N) is 2. The van der Waals surface area contributed by atoms with Gasteiger partial charge in [0.2, 0.25) is 0 Å². The van der Waals surface area contributed by atoms with E-state index in [1.165, 1.54) is 0 Å². The predicted octanol–water partition coefficient (Wildman–Crippen LogP) is 2.77. The Kier molecular flexibility index (Phi) is 4.36. The molecule has 18 heavy (non-hydrogen) atoms. The zero-order valence-electron chi connectivity index (χ0n) is 10.8. The molecule has 96 valence electrons. The summed E-state index contributed by atoms with van der Waals surface area (Å²) in [6, 6.07) is 8.32. The van der Waals surface area contributed by atoms with Crippen molar-refractivity contribution in [3.8, 4) is 11.3 Å². The van der Waals surface area contributed by atoms with Gasteiger partial charge in [0, 0.05) is 19.3 Å². The molecule has 0 saturated heterocycles. The third-order valence-electron chi connectivity index (χ3n) is 2.80. The summed E-state index contributed by atoms with van der Waals surface area (Å²) < 4.78 is 5.11. The van der Waals surface area contributed by atoms with Crippen molar-refractivity contribution >= 4 is 5.69 Å². The molecule has 1 aromatic carbocycles. The maximum atomic E-state index is 5.11. The Balaban J connectivity index is 1.92. The average molecular weight is 245 g/mol. The zero-order chi connectivity index (χ0) is 12.8. The fourth-order valence-electron chi connectivity index (χ4n) is 1.82. The van der Waals surface area contributed by atoms with Crippen LogP contribution in [0, 0.1) is 5.92 Å². The molecular formula is C14H19N3O. The average Bonchev–Trinajstić information content (AvgIpc) is 2.91. The van der Waals surface area contributed by atoms with Crippen molar-refractivity contribution in [2.75, 3.05) is 25.6 Å². The lowest BCUT2D eigenvalue weighted by molar-refractivity contribution is 0.164. The lowest BCUT2D eigenvalue weighted by Gasteiger charge is -2.12. The normalized spacial score (nSPS) is 12.3. The van der Waals surface area contributed by atoms with E-state index < -0.39 is 0 Å². The van der Waals surface area contributed by atoms with Crippen LogP contribution in [0.4, 0.5) is 5.69 Å². The van der Waals surface area contributed by atoms with Gasteiger partial charge in [-0.25, -0.2) is 4.98 Å². The maximum Gasteiger partial charge on any atom is 0.0924 e. The number of hydrogen-bond donors (Lipinski definition) is 2. The first-order valence-electron chi connectivity index (χ1n) is 6.11. The monoisotopic (exact) mass is 245 g/mol. The lowest BCUT2D eigenvalue weighted by Crippen LogP contribution is -2.15. The molecule has 0 amide bonds. The van der Waals surface area contributed by atoms with E-state index >= 15 is 0 Å². The molecule has 1 unspecified atom stereocenters. The second-order valence-electron chi connectivity index (χ2n) is 4.48. The summed E-state index contributed by atoms with van der Waals surface area (Å²) in [5.41, 5.74) is 3.30. The molecule has 4 heteroatoms. The molecule has 0 aliphatic rings. The van der Waals surface area contributed by atoms with Crippen LogP contribution < -0.4 is 5.32 Å². The van der Waals surface area contributed by atoms with Crippen LogP contribution >= 0.6 is 0 Å². The number of rotatable bonds is 6. The van der Waals surface area contributed by atoms with Crippen molar-refractivity contribution in [2.24, 2.45) is 5.92 Å². The quantitative estimate of drug-likeness (QED) is 0.822. The number of aromatic amines is 1. The first-order valence-corrected chi connectivity index (χ1v) is 6.11. The van der Waals surface area contributed by atoms with E-state index in [-0.39, 0.29) is 0 Å². The predicted molar refractivity (Wildman–Crippen MR) is 73.6 cm³/mol. The highest BCUT2D eigenvalue weighted by Crippen LogP contribution is 2.18. The van der Waals surface area contributed by atoms with Gasteiger partial charge in [-0.3, -0.25) is 0 Å². The summed E-state index contributed by atoms with van der Waals surface area (Å²) in [5.74, 6) is 0.502. The molecule has 4 nitrogen and oxygen atoms in total. The summed E-state index contributed by atoms with van der Waals surface area (Å²) >= 11 is 0. The molecule has 0 aliphatic carbocycles. The van der Waals surface area contributed by atoms with Crippen LogP contribution in [0.2, 0.25) is 0 Å². The zero-order valence-corrected chi connectivity index (χ0v) is 10.8. The van der Waals surface area contributed by atoms with E-state index in [0.29, 0.717) is 5.92 Å². The van der Waals surface area contributed by atoms with Gasteiger partial charge < -0.3 is 15.0 Å². The topological polar surface area (TPSA) is 49.9 Å². The Bertz CT molecular complexity index is 450. The van der Waals surface area contributed by atoms with E-state index in [4.69, 9.17) is 4.74 Å². The smallest absolute Gasteiger partial charge is 0.0924 e. The van der Waals surface area contributed by atoms with Crippen LogP contribution in [0.1, 0.15) is 6.92 Å². The van der Waals surface area contributed by atoms with Gasteiger partial charge >= 0.3 is 0 Å². The summed E-state index contributed by atoms with van der Waals surface area (Å²) in [5, 5.41) is 3.40. The Morgan fingerprint density at radius 2 is 2.11 bits per heavy atom. The van der Waals surface area contributed by atoms with Crippen LogP contribution in [0.5, 0.6) is 0 Å². The van der Waals surface area contributed by atoms with Crippen LogP contribution in [-0.4, -0.2) is 30.2 Å². The van der Waals surface area contributed by atoms with Gasteiger partial charge in [0.15, 0.2) is 0 Å². The van der Waals surface area contributed by atoms with Crippen LogP contribution in [-0.2, 0) is 4.74 Å². The molecule has 2 aromatic rings. The number of nitrogens with zero attached hydrogens (tertiary/aromatic N) is 1. The van der Waals surface area contributed by atoms with Gasteiger partial charge in [-0.15, -0.1) is 0 Å². The first-order chi connectivity index (χ1) is 8.79. The highest BCUT2D eigenvalue weighted by molar-refractivity contribution is 5.61. The van der Waals surface area contributed by atoms with Crippen molar-refractivity contribution in [3.05, 3.63) is 36.8 Å². The summed E-state index contributed by atoms with van der Waals surface area (Å²) in [4.78, 5) is 7.11. The van der Waals surface area contributed by atoms with E-state index in [0.717, 1.165) is 30.1 Å². The Morgan fingerprint density at radius 3 is 2.72 bits per heavy atom. The summed E-state index contributed by atoms with van der Waals surface area (Å²) in [7, 11) is 1.73. The molecule has 1 heterocycles. The van der Waals surface area contributed by atoms with E-state index in [2.05, 4.69) is 46.5 Å². The number of imidazole rings is 1. The molecule has 1 aromatic heterocycles. The lowest BCUT2D eigenvalue weighted by atomic mass is 10.1. The van der Waals surface area contributed by atoms with Crippen LogP contribution in [0.25, 0.3) is 11.3 Å². The number of anilines is 1. The van der Waals surface area contributed by atoms with Crippen LogP contribution in [0.15, 0.2) is 36.8 Å². The minimum absolute atomic E-state index is 0.502. The number of benzene rings is 1. The molecule has 0 fully saturated rings. The SMILES string of the molecule is COCC(C)CNc1ccc(-c2cnc[nH]2)cc1. The minimum atomic E-state index is 0.502. The van der Waals surface area contributed by atoms with E-state index in [1.54, 1.807) is 13.4 Å². The van der Waals surface area contributed by atoms with E-state index in [1.807, 2.05) is 6.20 Å². The molecular weight excluding hydrogens is 226 g/mol. The Hall–Kier alpha value is -1.81. The van der Waals surface area contributed by atoms with Gasteiger partial charge in [0.1, 0.15) is 0 Å². The maximum absolute atomic E-state index is 5.11. The molecule has 0 radical (unpaired) electrons. The third kappa shape index (κ3) is 3.34. The molecule has 0 saturated carbocycles. The largest absolute Gasteiger partial charge is 0.385 e. The van der Waals surface area contributed by atoms with Crippen molar-refractivity contribution in [2.45, 2.75) is 6.92 Å². The third-order valence-corrected chi connectivity index (χ3v) is 2.80. The second-order valence-corrected chi connectivity index (χ2v) is 4.48. The van der Waals surface area contributed by atoms with Crippen LogP contribution in [0.3, 0.4) is 0 Å². The fraction of sp³-hybridized carbons (Fsp3) is 0.357.